The predicted molar refractivity (Wildman–Crippen MR) is 149 cm³/mol. The number of imidazole rings is 1. The van der Waals surface area contributed by atoms with Crippen molar-refractivity contribution in [2.75, 3.05) is 37.7 Å². The average Bonchev–Trinajstić information content (AvgIpc) is 3.26. The van der Waals surface area contributed by atoms with Crippen LogP contribution in [0.1, 0.15) is 28.2 Å². The first kappa shape index (κ1) is 26.5. The molecule has 0 radical (unpaired) electrons. The van der Waals surface area contributed by atoms with E-state index in [0.29, 0.717) is 29.6 Å². The number of carbonyl (C=O) groups is 1. The van der Waals surface area contributed by atoms with Crippen LogP contribution in [0.5, 0.6) is 5.88 Å². The third kappa shape index (κ3) is 5.60. The average molecular weight is 566 g/mol. The maximum Gasteiger partial charge on any atom is 0.335 e. The van der Waals surface area contributed by atoms with E-state index in [1.807, 2.05) is 12.1 Å². The number of anilines is 1. The van der Waals surface area contributed by atoms with E-state index in [2.05, 4.69) is 19.4 Å². The van der Waals surface area contributed by atoms with E-state index in [-0.39, 0.29) is 18.3 Å². The van der Waals surface area contributed by atoms with E-state index >= 15 is 0 Å². The number of benzene rings is 2. The molecule has 1 atom stereocenters. The van der Waals surface area contributed by atoms with Gasteiger partial charge in [0.05, 0.1) is 41.5 Å². The number of carboxylic acid groups (broad SMARTS) is 1. The third-order valence-corrected chi connectivity index (χ3v) is 7.70. The topological polar surface area (TPSA) is 93.0 Å². The van der Waals surface area contributed by atoms with Crippen molar-refractivity contribution in [3.05, 3.63) is 82.5 Å². The molecule has 208 valence electrons. The standard InChI is InChI=1S/C29H29ClFN5O4/c30-21-5-3-20(23(31)15-21)18-40-28-25(2-1-8-32-28)35-11-9-34(10-12-35)17-27-33-24-6-4-19(29(37)38)14-26(24)36(27)16-22-7-13-39-22/h1-6,8,14-15,22H,7,9-13,16-18H2,(H,37,38)/t22-/m0/s1. The molecular formula is C29H29ClFN5O4. The second kappa shape index (κ2) is 11.4. The lowest BCUT2D eigenvalue weighted by Crippen LogP contribution is -2.46. The second-order valence-corrected chi connectivity index (χ2v) is 10.5. The fourth-order valence-electron chi connectivity index (χ4n) is 5.13. The van der Waals surface area contributed by atoms with Crippen LogP contribution in [0, 0.1) is 5.82 Å². The van der Waals surface area contributed by atoms with Crippen LogP contribution in [0.4, 0.5) is 10.1 Å². The van der Waals surface area contributed by atoms with E-state index in [9.17, 15) is 14.3 Å². The Hall–Kier alpha value is -3.73. The zero-order valence-corrected chi connectivity index (χ0v) is 22.6. The molecule has 0 bridgehead atoms. The van der Waals surface area contributed by atoms with E-state index in [1.54, 1.807) is 36.5 Å². The van der Waals surface area contributed by atoms with Crippen molar-refractivity contribution < 1.29 is 23.8 Å². The highest BCUT2D eigenvalue weighted by molar-refractivity contribution is 6.30. The van der Waals surface area contributed by atoms with Crippen molar-refractivity contribution in [2.24, 2.45) is 0 Å². The first-order valence-corrected chi connectivity index (χ1v) is 13.7. The SMILES string of the molecule is O=C(O)c1ccc2nc(CN3CCN(c4cccnc4OCc4ccc(Cl)cc4F)CC3)n(C[C@@H]3CCO3)c2c1. The minimum Gasteiger partial charge on any atom is -0.478 e. The van der Waals surface area contributed by atoms with Crippen molar-refractivity contribution in [1.29, 1.82) is 0 Å². The van der Waals surface area contributed by atoms with Crippen molar-refractivity contribution in [3.8, 4) is 5.88 Å². The van der Waals surface area contributed by atoms with Crippen LogP contribution in [0.15, 0.2) is 54.7 Å². The van der Waals surface area contributed by atoms with Crippen LogP contribution in [0.3, 0.4) is 0 Å². The predicted octanol–water partition coefficient (Wildman–Crippen LogP) is 4.61. The molecule has 40 heavy (non-hydrogen) atoms. The molecule has 0 unspecified atom stereocenters. The quantitative estimate of drug-likeness (QED) is 0.314. The summed E-state index contributed by atoms with van der Waals surface area (Å²) in [7, 11) is 0. The number of hydrogen-bond acceptors (Lipinski definition) is 7. The maximum atomic E-state index is 14.2. The van der Waals surface area contributed by atoms with Gasteiger partial charge in [-0.15, -0.1) is 0 Å². The van der Waals surface area contributed by atoms with Gasteiger partial charge in [-0.2, -0.15) is 0 Å². The summed E-state index contributed by atoms with van der Waals surface area (Å²) in [4.78, 5) is 25.4. The Bertz CT molecular complexity index is 1530. The summed E-state index contributed by atoms with van der Waals surface area (Å²) < 4.78 is 28.0. The molecule has 0 spiro atoms. The van der Waals surface area contributed by atoms with Gasteiger partial charge in [-0.1, -0.05) is 17.7 Å². The lowest BCUT2D eigenvalue weighted by atomic mass is 10.1. The third-order valence-electron chi connectivity index (χ3n) is 7.46. The van der Waals surface area contributed by atoms with Crippen LogP contribution in [-0.2, 0) is 24.4 Å². The fourth-order valence-corrected chi connectivity index (χ4v) is 5.29. The Balaban J connectivity index is 1.14. The first-order valence-electron chi connectivity index (χ1n) is 13.3. The summed E-state index contributed by atoms with van der Waals surface area (Å²) in [5.41, 5.74) is 3.13. The number of aromatic nitrogens is 3. The fraction of sp³-hybridized carbons (Fsp3) is 0.345. The number of nitrogens with zero attached hydrogens (tertiary/aromatic N) is 5. The van der Waals surface area contributed by atoms with Gasteiger partial charge in [0.2, 0.25) is 5.88 Å². The van der Waals surface area contributed by atoms with Crippen LogP contribution in [-0.4, -0.2) is 69.4 Å². The molecule has 9 nitrogen and oxygen atoms in total. The van der Waals surface area contributed by atoms with Gasteiger partial charge < -0.3 is 24.0 Å². The molecule has 4 heterocycles. The molecule has 2 fully saturated rings. The highest BCUT2D eigenvalue weighted by Gasteiger charge is 2.25. The summed E-state index contributed by atoms with van der Waals surface area (Å²) >= 11 is 5.87. The molecule has 0 amide bonds. The minimum atomic E-state index is -0.954. The highest BCUT2D eigenvalue weighted by atomic mass is 35.5. The molecule has 11 heteroatoms. The number of pyridine rings is 1. The molecular weight excluding hydrogens is 537 g/mol. The zero-order valence-electron chi connectivity index (χ0n) is 21.8. The first-order chi connectivity index (χ1) is 19.4. The number of ether oxygens (including phenoxy) is 2. The normalized spacial score (nSPS) is 17.6. The molecule has 2 aliphatic rings. The number of halogens is 2. The number of piperazine rings is 1. The summed E-state index contributed by atoms with van der Waals surface area (Å²) in [5.74, 6) is -0.00403. The number of carboxylic acids is 1. The Labute approximate surface area is 235 Å². The lowest BCUT2D eigenvalue weighted by Gasteiger charge is -2.36. The maximum absolute atomic E-state index is 14.2. The molecule has 2 saturated heterocycles. The molecule has 0 aliphatic carbocycles. The van der Waals surface area contributed by atoms with Crippen LogP contribution >= 0.6 is 11.6 Å². The minimum absolute atomic E-state index is 0.0531. The van der Waals surface area contributed by atoms with Crippen molar-refractivity contribution in [3.63, 3.8) is 0 Å². The van der Waals surface area contributed by atoms with Gasteiger partial charge >= 0.3 is 5.97 Å². The summed E-state index contributed by atoms with van der Waals surface area (Å²) in [6.45, 7) is 5.21. The number of hydrogen-bond donors (Lipinski definition) is 1. The largest absolute Gasteiger partial charge is 0.478 e. The van der Waals surface area contributed by atoms with Gasteiger partial charge in [0.25, 0.3) is 0 Å². The zero-order chi connectivity index (χ0) is 27.6. The van der Waals surface area contributed by atoms with Crippen LogP contribution in [0.25, 0.3) is 11.0 Å². The van der Waals surface area contributed by atoms with Gasteiger partial charge in [-0.3, -0.25) is 4.90 Å². The van der Waals surface area contributed by atoms with E-state index in [4.69, 9.17) is 26.1 Å². The molecule has 2 aromatic carbocycles. The van der Waals surface area contributed by atoms with Gasteiger partial charge in [0.15, 0.2) is 0 Å². The van der Waals surface area contributed by atoms with Gasteiger partial charge in [-0.25, -0.2) is 19.2 Å². The van der Waals surface area contributed by atoms with Gasteiger partial charge in [-0.05, 0) is 48.9 Å². The van der Waals surface area contributed by atoms with Crippen molar-refractivity contribution >= 4 is 34.3 Å². The van der Waals surface area contributed by atoms with E-state index < -0.39 is 11.8 Å². The van der Waals surface area contributed by atoms with Crippen LogP contribution in [0.2, 0.25) is 5.02 Å². The molecule has 2 aromatic heterocycles. The second-order valence-electron chi connectivity index (χ2n) is 10.0. The molecule has 1 N–H and O–H groups in total. The van der Waals surface area contributed by atoms with Crippen molar-refractivity contribution in [2.45, 2.75) is 32.2 Å². The summed E-state index contributed by atoms with van der Waals surface area (Å²) in [6, 6.07) is 13.4. The lowest BCUT2D eigenvalue weighted by molar-refractivity contribution is -0.0592. The van der Waals surface area contributed by atoms with Gasteiger partial charge in [0, 0.05) is 49.6 Å². The highest BCUT2D eigenvalue weighted by Crippen LogP contribution is 2.29. The Kier molecular flexibility index (Phi) is 7.55. The summed E-state index contributed by atoms with van der Waals surface area (Å²) in [6.07, 6.45) is 2.77. The van der Waals surface area contributed by atoms with Gasteiger partial charge in [0.1, 0.15) is 18.2 Å². The smallest absolute Gasteiger partial charge is 0.335 e. The Morgan fingerprint density at radius 1 is 1.15 bits per heavy atom. The number of fused-ring (bicyclic) bond motifs is 1. The van der Waals surface area contributed by atoms with E-state index in [1.165, 1.54) is 6.07 Å². The molecule has 2 aliphatic heterocycles. The summed E-state index contributed by atoms with van der Waals surface area (Å²) in [5, 5.41) is 9.83. The van der Waals surface area contributed by atoms with Crippen molar-refractivity contribution in [1.82, 2.24) is 19.4 Å². The van der Waals surface area contributed by atoms with E-state index in [0.717, 1.165) is 61.8 Å². The monoisotopic (exact) mass is 565 g/mol. The molecule has 4 aromatic rings. The number of rotatable bonds is 9. The Morgan fingerprint density at radius 3 is 2.70 bits per heavy atom. The number of aromatic carboxylic acids is 1. The molecule has 0 saturated carbocycles. The Morgan fingerprint density at radius 2 is 1.98 bits per heavy atom. The van der Waals surface area contributed by atoms with Crippen LogP contribution < -0.4 is 9.64 Å². The molecule has 6 rings (SSSR count).